The number of carbonyl (C=O) groups excluding carboxylic acids is 1. The van der Waals surface area contributed by atoms with Crippen molar-refractivity contribution in [3.63, 3.8) is 0 Å². The van der Waals surface area contributed by atoms with Crippen LogP contribution in [0, 0.1) is 0 Å². The fourth-order valence-corrected chi connectivity index (χ4v) is 1.02. The first-order valence-corrected chi connectivity index (χ1v) is 4.74. The molecule has 0 fully saturated rings. The zero-order valence-electron chi connectivity index (χ0n) is 9.19. The standard InChI is InChI=1S/C11H17NO3/c1-4-6-12(7-5-11(14)15)10(13)8-9(2)3/h4,8H,1,5-7H2,2-3H3,(H,14,15). The molecule has 0 bridgehead atoms. The van der Waals surface area contributed by atoms with Gasteiger partial charge in [-0.1, -0.05) is 11.6 Å². The van der Waals surface area contributed by atoms with Crippen molar-refractivity contribution in [2.24, 2.45) is 0 Å². The normalized spacial score (nSPS) is 9.20. The van der Waals surface area contributed by atoms with Crippen LogP contribution in [-0.4, -0.2) is 35.0 Å². The second-order valence-electron chi connectivity index (χ2n) is 3.44. The highest BCUT2D eigenvalue weighted by Crippen LogP contribution is 1.98. The fraction of sp³-hybridized carbons (Fsp3) is 0.455. The number of allylic oxidation sites excluding steroid dienone is 1. The van der Waals surface area contributed by atoms with Gasteiger partial charge in [0.05, 0.1) is 6.42 Å². The highest BCUT2D eigenvalue weighted by atomic mass is 16.4. The molecule has 0 saturated carbocycles. The summed E-state index contributed by atoms with van der Waals surface area (Å²) in [6, 6.07) is 0. The van der Waals surface area contributed by atoms with Crippen molar-refractivity contribution < 1.29 is 14.7 Å². The molecule has 0 saturated heterocycles. The molecule has 0 aromatic carbocycles. The Morgan fingerprint density at radius 2 is 2.00 bits per heavy atom. The van der Waals surface area contributed by atoms with Crippen LogP contribution < -0.4 is 0 Å². The minimum absolute atomic E-state index is 0.0455. The predicted molar refractivity (Wildman–Crippen MR) is 58.5 cm³/mol. The monoisotopic (exact) mass is 211 g/mol. The number of hydrogen-bond acceptors (Lipinski definition) is 2. The molecule has 0 radical (unpaired) electrons. The molecule has 4 nitrogen and oxygen atoms in total. The molecule has 0 unspecified atom stereocenters. The van der Waals surface area contributed by atoms with Crippen molar-refractivity contribution in [3.8, 4) is 0 Å². The van der Waals surface area contributed by atoms with Gasteiger partial charge in [-0.25, -0.2) is 0 Å². The maximum absolute atomic E-state index is 11.6. The van der Waals surface area contributed by atoms with Crippen molar-refractivity contribution in [2.45, 2.75) is 20.3 Å². The van der Waals surface area contributed by atoms with Gasteiger partial charge in [-0.2, -0.15) is 0 Å². The van der Waals surface area contributed by atoms with E-state index in [2.05, 4.69) is 6.58 Å². The highest BCUT2D eigenvalue weighted by Gasteiger charge is 2.10. The van der Waals surface area contributed by atoms with E-state index in [0.717, 1.165) is 5.57 Å². The molecular weight excluding hydrogens is 194 g/mol. The van der Waals surface area contributed by atoms with E-state index in [9.17, 15) is 9.59 Å². The average Bonchev–Trinajstić information content (AvgIpc) is 2.10. The summed E-state index contributed by atoms with van der Waals surface area (Å²) in [6.45, 7) is 7.75. The Hall–Kier alpha value is -1.58. The second-order valence-corrected chi connectivity index (χ2v) is 3.44. The van der Waals surface area contributed by atoms with Crippen LogP contribution in [0.15, 0.2) is 24.3 Å². The van der Waals surface area contributed by atoms with Gasteiger partial charge in [0.2, 0.25) is 5.91 Å². The summed E-state index contributed by atoms with van der Waals surface area (Å²) in [5, 5.41) is 8.52. The molecular formula is C11H17NO3. The molecule has 0 spiro atoms. The van der Waals surface area contributed by atoms with Gasteiger partial charge in [-0.05, 0) is 13.8 Å². The van der Waals surface area contributed by atoms with Gasteiger partial charge in [0.1, 0.15) is 0 Å². The third-order valence-corrected chi connectivity index (χ3v) is 1.67. The molecule has 0 aromatic rings. The van der Waals surface area contributed by atoms with Crippen LogP contribution in [0.1, 0.15) is 20.3 Å². The first-order valence-electron chi connectivity index (χ1n) is 4.74. The van der Waals surface area contributed by atoms with Crippen molar-refractivity contribution in [1.82, 2.24) is 4.90 Å². The lowest BCUT2D eigenvalue weighted by atomic mass is 10.3. The van der Waals surface area contributed by atoms with E-state index >= 15 is 0 Å². The van der Waals surface area contributed by atoms with Crippen LogP contribution in [-0.2, 0) is 9.59 Å². The molecule has 84 valence electrons. The Balaban J connectivity index is 4.37. The Morgan fingerprint density at radius 3 is 2.40 bits per heavy atom. The molecule has 0 atom stereocenters. The van der Waals surface area contributed by atoms with E-state index in [1.165, 1.54) is 11.0 Å². The zero-order valence-corrected chi connectivity index (χ0v) is 9.19. The number of carbonyl (C=O) groups is 2. The maximum atomic E-state index is 11.6. The van der Waals surface area contributed by atoms with Crippen LogP contribution in [0.4, 0.5) is 0 Å². The molecule has 0 rings (SSSR count). The molecule has 0 aliphatic carbocycles. The first kappa shape index (κ1) is 13.4. The Morgan fingerprint density at radius 1 is 1.40 bits per heavy atom. The third-order valence-electron chi connectivity index (χ3n) is 1.67. The summed E-state index contributed by atoms with van der Waals surface area (Å²) >= 11 is 0. The van der Waals surface area contributed by atoms with Crippen LogP contribution in [0.5, 0.6) is 0 Å². The molecule has 0 heterocycles. The summed E-state index contributed by atoms with van der Waals surface area (Å²) in [5.41, 5.74) is 0.893. The summed E-state index contributed by atoms with van der Waals surface area (Å²) in [5.74, 6) is -1.08. The SMILES string of the molecule is C=CCN(CCC(=O)O)C(=O)C=C(C)C. The summed E-state index contributed by atoms with van der Waals surface area (Å²) in [7, 11) is 0. The van der Waals surface area contributed by atoms with E-state index in [1.54, 1.807) is 6.08 Å². The molecule has 0 aliphatic rings. The smallest absolute Gasteiger partial charge is 0.305 e. The fourth-order valence-electron chi connectivity index (χ4n) is 1.02. The summed E-state index contributed by atoms with van der Waals surface area (Å²) in [6.07, 6.45) is 3.03. The van der Waals surface area contributed by atoms with Gasteiger partial charge in [-0.15, -0.1) is 6.58 Å². The Labute approximate surface area is 89.9 Å². The van der Waals surface area contributed by atoms with Crippen molar-refractivity contribution in [2.75, 3.05) is 13.1 Å². The molecule has 0 aromatic heterocycles. The quantitative estimate of drug-likeness (QED) is 0.534. The topological polar surface area (TPSA) is 57.6 Å². The molecule has 4 heteroatoms. The molecule has 1 N–H and O–H groups in total. The summed E-state index contributed by atoms with van der Waals surface area (Å²) < 4.78 is 0. The van der Waals surface area contributed by atoms with E-state index < -0.39 is 5.97 Å². The third kappa shape index (κ3) is 6.49. The van der Waals surface area contributed by atoms with Crippen LogP contribution in [0.3, 0.4) is 0 Å². The van der Waals surface area contributed by atoms with Gasteiger partial charge in [0.25, 0.3) is 0 Å². The lowest BCUT2D eigenvalue weighted by Crippen LogP contribution is -2.31. The van der Waals surface area contributed by atoms with Crippen molar-refractivity contribution in [3.05, 3.63) is 24.3 Å². The van der Waals surface area contributed by atoms with Crippen molar-refractivity contribution >= 4 is 11.9 Å². The van der Waals surface area contributed by atoms with E-state index in [1.807, 2.05) is 13.8 Å². The lowest BCUT2D eigenvalue weighted by molar-refractivity contribution is -0.137. The van der Waals surface area contributed by atoms with Gasteiger partial charge in [-0.3, -0.25) is 9.59 Å². The molecule has 1 amide bonds. The molecule has 15 heavy (non-hydrogen) atoms. The zero-order chi connectivity index (χ0) is 11.8. The maximum Gasteiger partial charge on any atom is 0.305 e. The first-order chi connectivity index (χ1) is 6.97. The lowest BCUT2D eigenvalue weighted by Gasteiger charge is -2.18. The van der Waals surface area contributed by atoms with E-state index in [-0.39, 0.29) is 18.9 Å². The van der Waals surface area contributed by atoms with Gasteiger partial charge in [0, 0.05) is 19.2 Å². The number of nitrogens with zero attached hydrogens (tertiary/aromatic N) is 1. The second kappa shape index (κ2) is 6.81. The van der Waals surface area contributed by atoms with Gasteiger partial charge in [0.15, 0.2) is 0 Å². The number of carboxylic acids is 1. The number of amides is 1. The average molecular weight is 211 g/mol. The van der Waals surface area contributed by atoms with Crippen LogP contribution in [0.25, 0.3) is 0 Å². The predicted octanol–water partition coefficient (Wildman–Crippen LogP) is 1.44. The van der Waals surface area contributed by atoms with Crippen LogP contribution >= 0.6 is 0 Å². The number of aliphatic carboxylic acids is 1. The number of carboxylic acid groups (broad SMARTS) is 1. The summed E-state index contributed by atoms with van der Waals surface area (Å²) in [4.78, 5) is 23.4. The minimum Gasteiger partial charge on any atom is -0.481 e. The number of hydrogen-bond donors (Lipinski definition) is 1. The molecule has 0 aliphatic heterocycles. The largest absolute Gasteiger partial charge is 0.481 e. The van der Waals surface area contributed by atoms with E-state index in [0.29, 0.717) is 6.54 Å². The Bertz CT molecular complexity index is 278. The van der Waals surface area contributed by atoms with Gasteiger partial charge >= 0.3 is 5.97 Å². The minimum atomic E-state index is -0.908. The van der Waals surface area contributed by atoms with Crippen molar-refractivity contribution in [1.29, 1.82) is 0 Å². The van der Waals surface area contributed by atoms with E-state index in [4.69, 9.17) is 5.11 Å². The highest BCUT2D eigenvalue weighted by molar-refractivity contribution is 5.88. The van der Waals surface area contributed by atoms with Crippen LogP contribution in [0.2, 0.25) is 0 Å². The Kier molecular flexibility index (Phi) is 6.09. The number of rotatable bonds is 6. The van der Waals surface area contributed by atoms with Gasteiger partial charge < -0.3 is 10.0 Å².